The number of hydrogen-bond donors (Lipinski definition) is 1. The van der Waals surface area contributed by atoms with E-state index in [2.05, 4.69) is 5.32 Å². The molecule has 5 heteroatoms. The topological polar surface area (TPSA) is 72.5 Å². The summed E-state index contributed by atoms with van der Waals surface area (Å²) in [4.78, 5) is 24.9. The number of furan rings is 1. The number of amides is 1. The largest absolute Gasteiger partial charge is 0.464 e. The summed E-state index contributed by atoms with van der Waals surface area (Å²) in [6.45, 7) is 5.80. The highest BCUT2D eigenvalue weighted by molar-refractivity contribution is 6.02. The molecule has 5 nitrogen and oxygen atoms in total. The lowest BCUT2D eigenvalue weighted by molar-refractivity contribution is -0.121. The summed E-state index contributed by atoms with van der Waals surface area (Å²) in [7, 11) is 0. The number of nitrogens with one attached hydrogen (secondary N) is 1. The molecule has 1 N–H and O–H groups in total. The zero-order valence-electron chi connectivity index (χ0n) is 16.7. The highest BCUT2D eigenvalue weighted by atomic mass is 16.4. The van der Waals surface area contributed by atoms with Gasteiger partial charge in [-0.1, -0.05) is 37.3 Å². The molecule has 4 rings (SSSR count). The highest BCUT2D eigenvalue weighted by Crippen LogP contribution is 2.34. The van der Waals surface area contributed by atoms with Crippen LogP contribution in [0, 0.1) is 6.92 Å². The Balaban J connectivity index is 1.82. The van der Waals surface area contributed by atoms with Crippen LogP contribution in [0.25, 0.3) is 33.1 Å². The van der Waals surface area contributed by atoms with Crippen molar-refractivity contribution in [3.05, 3.63) is 70.3 Å². The van der Waals surface area contributed by atoms with Gasteiger partial charge in [0, 0.05) is 28.4 Å². The van der Waals surface area contributed by atoms with E-state index in [9.17, 15) is 9.59 Å². The van der Waals surface area contributed by atoms with Crippen LogP contribution in [-0.2, 0) is 11.2 Å². The molecule has 2 aromatic heterocycles. The molecular weight excluding hydrogens is 366 g/mol. The second kappa shape index (κ2) is 7.59. The van der Waals surface area contributed by atoms with Crippen molar-refractivity contribution in [3.63, 3.8) is 0 Å². The standard InChI is InChI=1S/C24H23NO4/c1-4-14(2)25-23(26)11-18-15(3)17-10-19-20(16-8-6-5-7-9-16)13-28-21(19)12-22(17)29-24(18)27/h5-10,12-14H,4,11H2,1-3H3,(H,25,26)/t14-/m0/s1. The van der Waals surface area contributed by atoms with E-state index in [0.717, 1.165) is 33.9 Å². The number of fused-ring (bicyclic) bond motifs is 2. The summed E-state index contributed by atoms with van der Waals surface area (Å²) in [5.74, 6) is -0.177. The van der Waals surface area contributed by atoms with E-state index in [4.69, 9.17) is 8.83 Å². The first-order valence-electron chi connectivity index (χ1n) is 9.80. The van der Waals surface area contributed by atoms with Gasteiger partial charge in [-0.2, -0.15) is 0 Å². The normalized spacial score (nSPS) is 12.4. The first kappa shape index (κ1) is 19.0. The summed E-state index contributed by atoms with van der Waals surface area (Å²) < 4.78 is 11.2. The fourth-order valence-corrected chi connectivity index (χ4v) is 3.54. The minimum atomic E-state index is -0.483. The number of hydrogen-bond acceptors (Lipinski definition) is 4. The zero-order valence-corrected chi connectivity index (χ0v) is 16.7. The Morgan fingerprint density at radius 3 is 2.59 bits per heavy atom. The Bertz CT molecular complexity index is 1250. The maximum atomic E-state index is 12.5. The molecule has 0 spiro atoms. The van der Waals surface area contributed by atoms with Crippen molar-refractivity contribution in [3.8, 4) is 11.1 Å². The molecule has 0 radical (unpaired) electrons. The molecule has 29 heavy (non-hydrogen) atoms. The van der Waals surface area contributed by atoms with Gasteiger partial charge in [-0.15, -0.1) is 0 Å². The Hall–Kier alpha value is -3.34. The fraction of sp³-hybridized carbons (Fsp3) is 0.250. The lowest BCUT2D eigenvalue weighted by Crippen LogP contribution is -2.34. The molecule has 0 unspecified atom stereocenters. The van der Waals surface area contributed by atoms with E-state index in [-0.39, 0.29) is 18.4 Å². The monoisotopic (exact) mass is 389 g/mol. The van der Waals surface area contributed by atoms with Gasteiger partial charge in [0.05, 0.1) is 18.2 Å². The van der Waals surface area contributed by atoms with E-state index >= 15 is 0 Å². The van der Waals surface area contributed by atoms with E-state index in [1.807, 2.05) is 57.2 Å². The van der Waals surface area contributed by atoms with Crippen molar-refractivity contribution in [2.75, 3.05) is 0 Å². The van der Waals surface area contributed by atoms with Crippen molar-refractivity contribution >= 4 is 27.8 Å². The number of carbonyl (C=O) groups is 1. The first-order valence-corrected chi connectivity index (χ1v) is 9.80. The van der Waals surface area contributed by atoms with Gasteiger partial charge in [-0.3, -0.25) is 4.79 Å². The van der Waals surface area contributed by atoms with E-state index in [1.165, 1.54) is 0 Å². The molecule has 0 fully saturated rings. The van der Waals surface area contributed by atoms with Gasteiger partial charge in [0.1, 0.15) is 11.2 Å². The maximum Gasteiger partial charge on any atom is 0.340 e. The Kier molecular flexibility index (Phi) is 4.97. The zero-order chi connectivity index (χ0) is 20.5. The van der Waals surface area contributed by atoms with Gasteiger partial charge < -0.3 is 14.2 Å². The Morgan fingerprint density at radius 1 is 1.10 bits per heavy atom. The summed E-state index contributed by atoms with van der Waals surface area (Å²) in [5, 5.41) is 4.65. The predicted octanol–water partition coefficient (Wildman–Crippen LogP) is 4.97. The summed E-state index contributed by atoms with van der Waals surface area (Å²) in [5.41, 5.74) is 3.81. The highest BCUT2D eigenvalue weighted by Gasteiger charge is 2.18. The van der Waals surface area contributed by atoms with Crippen LogP contribution in [0.1, 0.15) is 31.4 Å². The van der Waals surface area contributed by atoms with Crippen LogP contribution in [-0.4, -0.2) is 11.9 Å². The lowest BCUT2D eigenvalue weighted by atomic mass is 9.99. The molecule has 2 heterocycles. The van der Waals surface area contributed by atoms with Crippen LogP contribution >= 0.6 is 0 Å². The summed E-state index contributed by atoms with van der Waals surface area (Å²) in [6, 6.07) is 13.8. The number of aryl methyl sites for hydroxylation is 1. The van der Waals surface area contributed by atoms with Gasteiger partial charge >= 0.3 is 5.63 Å². The molecule has 1 amide bonds. The lowest BCUT2D eigenvalue weighted by Gasteiger charge is -2.12. The third-order valence-corrected chi connectivity index (χ3v) is 5.42. The van der Waals surface area contributed by atoms with E-state index in [1.54, 1.807) is 12.3 Å². The van der Waals surface area contributed by atoms with Crippen LogP contribution < -0.4 is 10.9 Å². The number of benzene rings is 2. The van der Waals surface area contributed by atoms with E-state index in [0.29, 0.717) is 16.7 Å². The van der Waals surface area contributed by atoms with Gasteiger partial charge in [0.2, 0.25) is 5.91 Å². The molecule has 0 aliphatic carbocycles. The van der Waals surface area contributed by atoms with Crippen LogP contribution in [0.3, 0.4) is 0 Å². The van der Waals surface area contributed by atoms with Gasteiger partial charge in [-0.25, -0.2) is 4.79 Å². The van der Waals surface area contributed by atoms with Crippen molar-refractivity contribution < 1.29 is 13.6 Å². The molecule has 2 aromatic carbocycles. The van der Waals surface area contributed by atoms with Crippen LogP contribution in [0.15, 0.2) is 62.4 Å². The fourth-order valence-electron chi connectivity index (χ4n) is 3.54. The summed E-state index contributed by atoms with van der Waals surface area (Å²) in [6.07, 6.45) is 2.55. The van der Waals surface area contributed by atoms with Crippen LogP contribution in [0.2, 0.25) is 0 Å². The predicted molar refractivity (Wildman–Crippen MR) is 114 cm³/mol. The number of carbonyl (C=O) groups excluding carboxylic acids is 1. The molecular formula is C24H23NO4. The quantitative estimate of drug-likeness (QED) is 0.489. The van der Waals surface area contributed by atoms with Gasteiger partial charge in [0.15, 0.2) is 0 Å². The Morgan fingerprint density at radius 2 is 1.86 bits per heavy atom. The molecule has 0 bridgehead atoms. The minimum absolute atomic E-state index is 0.00339. The smallest absolute Gasteiger partial charge is 0.340 e. The van der Waals surface area contributed by atoms with Crippen molar-refractivity contribution in [1.29, 1.82) is 0 Å². The second-order valence-corrected chi connectivity index (χ2v) is 7.41. The second-order valence-electron chi connectivity index (χ2n) is 7.41. The molecule has 0 saturated heterocycles. The van der Waals surface area contributed by atoms with Crippen molar-refractivity contribution in [2.24, 2.45) is 0 Å². The third-order valence-electron chi connectivity index (χ3n) is 5.42. The molecule has 0 saturated carbocycles. The van der Waals surface area contributed by atoms with Gasteiger partial charge in [0.25, 0.3) is 0 Å². The molecule has 0 aliphatic rings. The average Bonchev–Trinajstić information content (AvgIpc) is 3.13. The molecule has 1 atom stereocenters. The summed E-state index contributed by atoms with van der Waals surface area (Å²) >= 11 is 0. The third kappa shape index (κ3) is 3.56. The molecule has 148 valence electrons. The van der Waals surface area contributed by atoms with E-state index < -0.39 is 5.63 Å². The first-order chi connectivity index (χ1) is 14.0. The van der Waals surface area contributed by atoms with Gasteiger partial charge in [-0.05, 0) is 37.5 Å². The minimum Gasteiger partial charge on any atom is -0.464 e. The SMILES string of the molecule is CC[C@H](C)NC(=O)Cc1c(C)c2cc3c(-c4ccccc4)coc3cc2oc1=O. The maximum absolute atomic E-state index is 12.5. The van der Waals surface area contributed by atoms with Crippen LogP contribution in [0.4, 0.5) is 0 Å². The van der Waals surface area contributed by atoms with Crippen LogP contribution in [0.5, 0.6) is 0 Å². The molecule has 0 aliphatic heterocycles. The van der Waals surface area contributed by atoms with Crippen molar-refractivity contribution in [1.82, 2.24) is 5.32 Å². The molecule has 4 aromatic rings. The van der Waals surface area contributed by atoms with Crippen molar-refractivity contribution in [2.45, 2.75) is 39.7 Å². The number of rotatable bonds is 5. The average molecular weight is 389 g/mol. The Labute approximate surface area is 168 Å².